The average molecular weight is 394 g/mol. The fourth-order valence-electron chi connectivity index (χ4n) is 3.77. The van der Waals surface area contributed by atoms with E-state index in [0.717, 1.165) is 64.7 Å². The van der Waals surface area contributed by atoms with Crippen molar-refractivity contribution in [3.05, 3.63) is 0 Å². The standard InChI is InChI=1S/C15H28N2O6P2/c18-24(16-7-3-1-4-8-16)20-11-15(12-21-24)13-22-25(19,23-14-15)17-9-5-2-6-10-17/h1-14H2. The minimum atomic E-state index is -3.20. The van der Waals surface area contributed by atoms with E-state index < -0.39 is 20.9 Å². The average Bonchev–Trinajstić information content (AvgIpc) is 2.68. The maximum Gasteiger partial charge on any atom is 0.408 e. The van der Waals surface area contributed by atoms with Gasteiger partial charge in [-0.05, 0) is 25.7 Å². The molecule has 0 N–H and O–H groups in total. The molecule has 0 bridgehead atoms. The summed E-state index contributed by atoms with van der Waals surface area (Å²) in [5, 5.41) is 0. The fraction of sp³-hybridized carbons (Fsp3) is 1.00. The van der Waals surface area contributed by atoms with Gasteiger partial charge in [0.2, 0.25) is 0 Å². The van der Waals surface area contributed by atoms with Gasteiger partial charge in [-0.2, -0.15) is 0 Å². The molecular formula is C15H28N2O6P2. The van der Waals surface area contributed by atoms with E-state index in [0.29, 0.717) is 0 Å². The Morgan fingerprint density at radius 3 is 1.20 bits per heavy atom. The van der Waals surface area contributed by atoms with Gasteiger partial charge in [0, 0.05) is 26.2 Å². The van der Waals surface area contributed by atoms with Crippen molar-refractivity contribution in [2.75, 3.05) is 52.6 Å². The van der Waals surface area contributed by atoms with Gasteiger partial charge in [0.05, 0.1) is 31.8 Å². The summed E-state index contributed by atoms with van der Waals surface area (Å²) in [5.41, 5.74) is -0.520. The minimum Gasteiger partial charge on any atom is -0.296 e. The molecule has 0 amide bonds. The minimum absolute atomic E-state index is 0.251. The Hall–Kier alpha value is 0.220. The predicted octanol–water partition coefficient (Wildman–Crippen LogP) is 3.25. The summed E-state index contributed by atoms with van der Waals surface area (Å²) in [6.07, 6.45) is 6.40. The molecule has 10 heteroatoms. The molecule has 144 valence electrons. The molecule has 0 unspecified atom stereocenters. The van der Waals surface area contributed by atoms with E-state index in [1.165, 1.54) is 0 Å². The summed E-state index contributed by atoms with van der Waals surface area (Å²) < 4.78 is 52.4. The van der Waals surface area contributed by atoms with Crippen LogP contribution < -0.4 is 0 Å². The number of hydrogen-bond acceptors (Lipinski definition) is 6. The number of rotatable bonds is 2. The fourth-order valence-corrected chi connectivity index (χ4v) is 7.87. The Balaban J connectivity index is 1.35. The molecule has 8 nitrogen and oxygen atoms in total. The smallest absolute Gasteiger partial charge is 0.296 e. The summed E-state index contributed by atoms with van der Waals surface area (Å²) >= 11 is 0. The highest BCUT2D eigenvalue weighted by atomic mass is 31.2. The normalized spacial score (nSPS) is 44.8. The van der Waals surface area contributed by atoms with E-state index in [2.05, 4.69) is 0 Å². The van der Waals surface area contributed by atoms with Crippen molar-refractivity contribution in [2.45, 2.75) is 38.5 Å². The summed E-state index contributed by atoms with van der Waals surface area (Å²) in [7, 11) is -6.39. The maximum atomic E-state index is 12.9. The van der Waals surface area contributed by atoms with Crippen molar-refractivity contribution in [1.29, 1.82) is 0 Å². The molecule has 0 radical (unpaired) electrons. The van der Waals surface area contributed by atoms with Crippen molar-refractivity contribution in [3.63, 3.8) is 0 Å². The highest BCUT2D eigenvalue weighted by molar-refractivity contribution is 7.51. The van der Waals surface area contributed by atoms with Crippen molar-refractivity contribution in [1.82, 2.24) is 9.34 Å². The molecule has 4 aliphatic rings. The predicted molar refractivity (Wildman–Crippen MR) is 92.3 cm³/mol. The zero-order valence-electron chi connectivity index (χ0n) is 14.6. The third-order valence-electron chi connectivity index (χ3n) is 5.49. The van der Waals surface area contributed by atoms with Crippen molar-refractivity contribution in [3.8, 4) is 0 Å². The lowest BCUT2D eigenvalue weighted by molar-refractivity contribution is -0.0835. The van der Waals surface area contributed by atoms with Crippen LogP contribution in [0, 0.1) is 5.41 Å². The molecule has 4 heterocycles. The summed E-state index contributed by atoms with van der Waals surface area (Å²) in [5.74, 6) is 0. The van der Waals surface area contributed by atoms with Gasteiger partial charge >= 0.3 is 15.5 Å². The molecule has 0 aromatic heterocycles. The van der Waals surface area contributed by atoms with Gasteiger partial charge in [0.25, 0.3) is 0 Å². The molecule has 4 rings (SSSR count). The van der Waals surface area contributed by atoms with Crippen LogP contribution in [-0.4, -0.2) is 61.9 Å². The first-order valence-electron chi connectivity index (χ1n) is 9.33. The van der Waals surface area contributed by atoms with Gasteiger partial charge in [-0.25, -0.2) is 18.5 Å². The number of piperidine rings is 2. The summed E-state index contributed by atoms with van der Waals surface area (Å²) in [4.78, 5) is 0. The monoisotopic (exact) mass is 394 g/mol. The van der Waals surface area contributed by atoms with Crippen LogP contribution in [0.25, 0.3) is 0 Å². The van der Waals surface area contributed by atoms with Crippen molar-refractivity contribution in [2.24, 2.45) is 5.41 Å². The van der Waals surface area contributed by atoms with E-state index in [4.69, 9.17) is 18.1 Å². The second-order valence-electron chi connectivity index (χ2n) is 7.56. The van der Waals surface area contributed by atoms with Gasteiger partial charge in [-0.15, -0.1) is 0 Å². The van der Waals surface area contributed by atoms with Crippen molar-refractivity contribution >= 4 is 15.5 Å². The van der Waals surface area contributed by atoms with E-state index in [9.17, 15) is 9.13 Å². The van der Waals surface area contributed by atoms with Crippen LogP contribution >= 0.6 is 15.5 Å². The Morgan fingerprint density at radius 2 is 0.880 bits per heavy atom. The first kappa shape index (κ1) is 18.6. The Labute approximate surface area is 149 Å². The number of nitrogens with zero attached hydrogens (tertiary/aromatic N) is 2. The van der Waals surface area contributed by atoms with Gasteiger partial charge in [-0.1, -0.05) is 12.8 Å². The van der Waals surface area contributed by atoms with Crippen LogP contribution in [-0.2, 0) is 27.2 Å². The van der Waals surface area contributed by atoms with Gasteiger partial charge in [-0.3, -0.25) is 18.1 Å². The summed E-state index contributed by atoms with van der Waals surface area (Å²) in [6, 6.07) is 0. The highest BCUT2D eigenvalue weighted by Crippen LogP contribution is 2.62. The molecule has 4 saturated heterocycles. The molecule has 0 atom stereocenters. The second kappa shape index (κ2) is 7.33. The Kier molecular flexibility index (Phi) is 5.44. The first-order valence-corrected chi connectivity index (χ1v) is 12.3. The number of hydrogen-bond donors (Lipinski definition) is 0. The van der Waals surface area contributed by atoms with Crippen LogP contribution in [0.5, 0.6) is 0 Å². The lowest BCUT2D eigenvalue weighted by Crippen LogP contribution is -2.48. The van der Waals surface area contributed by atoms with Crippen molar-refractivity contribution < 1.29 is 27.2 Å². The third kappa shape index (κ3) is 3.78. The Morgan fingerprint density at radius 1 is 0.560 bits per heavy atom. The molecule has 4 aliphatic heterocycles. The van der Waals surface area contributed by atoms with Gasteiger partial charge in [0.15, 0.2) is 0 Å². The molecule has 1 spiro atoms. The quantitative estimate of drug-likeness (QED) is 0.661. The van der Waals surface area contributed by atoms with Crippen LogP contribution in [0.3, 0.4) is 0 Å². The van der Waals surface area contributed by atoms with Gasteiger partial charge < -0.3 is 0 Å². The zero-order chi connectivity index (χ0) is 17.4. The molecular weight excluding hydrogens is 366 g/mol. The van der Waals surface area contributed by atoms with E-state index in [-0.39, 0.29) is 26.4 Å². The Bertz CT molecular complexity index is 499. The zero-order valence-corrected chi connectivity index (χ0v) is 16.4. The maximum absolute atomic E-state index is 12.9. The molecule has 0 saturated carbocycles. The SMILES string of the molecule is O=P1(N2CCCCC2)OCC2(CO1)COP(=O)(N1CCCCC1)OC2. The third-order valence-corrected chi connectivity index (χ3v) is 9.50. The van der Waals surface area contributed by atoms with Crippen LogP contribution in [0.4, 0.5) is 0 Å². The van der Waals surface area contributed by atoms with Crippen LogP contribution in [0.1, 0.15) is 38.5 Å². The second-order valence-corrected chi connectivity index (χ2v) is 11.6. The summed E-state index contributed by atoms with van der Waals surface area (Å²) in [6.45, 7) is 4.01. The van der Waals surface area contributed by atoms with E-state index >= 15 is 0 Å². The highest BCUT2D eigenvalue weighted by Gasteiger charge is 2.52. The van der Waals surface area contributed by atoms with E-state index in [1.54, 1.807) is 0 Å². The molecule has 0 aliphatic carbocycles. The van der Waals surface area contributed by atoms with Crippen LogP contribution in [0.2, 0.25) is 0 Å². The first-order chi connectivity index (χ1) is 12.0. The topological polar surface area (TPSA) is 77.5 Å². The largest absolute Gasteiger partial charge is 0.408 e. The molecule has 4 fully saturated rings. The molecule has 0 aromatic carbocycles. The molecule has 0 aromatic rings. The van der Waals surface area contributed by atoms with Crippen LogP contribution in [0.15, 0.2) is 0 Å². The lowest BCUT2D eigenvalue weighted by Gasteiger charge is -2.46. The lowest BCUT2D eigenvalue weighted by atomic mass is 9.93. The van der Waals surface area contributed by atoms with E-state index in [1.807, 2.05) is 9.34 Å². The van der Waals surface area contributed by atoms with Gasteiger partial charge in [0.1, 0.15) is 0 Å². The molecule has 25 heavy (non-hydrogen) atoms.